The van der Waals surface area contributed by atoms with Crippen LogP contribution in [0.15, 0.2) is 24.5 Å². The Kier molecular flexibility index (Phi) is 5.63. The van der Waals surface area contributed by atoms with Crippen LogP contribution < -0.4 is 0 Å². The average molecular weight is 236 g/mol. The third kappa shape index (κ3) is 4.95. The predicted molar refractivity (Wildman–Crippen MR) is 66.6 cm³/mol. The fourth-order valence-corrected chi connectivity index (χ4v) is 1.77. The Balaban J connectivity index is 2.57. The van der Waals surface area contributed by atoms with Crippen molar-refractivity contribution < 1.29 is 9.90 Å². The van der Waals surface area contributed by atoms with Crippen LogP contribution in [0.4, 0.5) is 0 Å². The van der Waals surface area contributed by atoms with Gasteiger partial charge in [-0.2, -0.15) is 0 Å². The SMILES string of the molecule is CCCN(Cc1cccnc1)CC(C)C(=O)O. The topological polar surface area (TPSA) is 53.4 Å². The van der Waals surface area contributed by atoms with E-state index in [2.05, 4.69) is 16.8 Å². The van der Waals surface area contributed by atoms with Crippen molar-refractivity contribution in [3.63, 3.8) is 0 Å². The number of carbonyl (C=O) groups is 1. The van der Waals surface area contributed by atoms with Gasteiger partial charge in [-0.05, 0) is 24.6 Å². The molecule has 1 aromatic rings. The first-order valence-corrected chi connectivity index (χ1v) is 5.97. The summed E-state index contributed by atoms with van der Waals surface area (Å²) in [5, 5.41) is 8.93. The van der Waals surface area contributed by atoms with E-state index in [1.807, 2.05) is 18.3 Å². The smallest absolute Gasteiger partial charge is 0.307 e. The summed E-state index contributed by atoms with van der Waals surface area (Å²) in [5.41, 5.74) is 1.12. The third-order valence-corrected chi connectivity index (χ3v) is 2.62. The summed E-state index contributed by atoms with van der Waals surface area (Å²) in [6.07, 6.45) is 4.59. The first-order valence-electron chi connectivity index (χ1n) is 5.97. The Bertz CT molecular complexity index is 341. The van der Waals surface area contributed by atoms with E-state index in [1.165, 1.54) is 0 Å². The number of nitrogens with zero attached hydrogens (tertiary/aromatic N) is 2. The van der Waals surface area contributed by atoms with Crippen LogP contribution >= 0.6 is 0 Å². The molecule has 1 unspecified atom stereocenters. The molecule has 0 fully saturated rings. The summed E-state index contributed by atoms with van der Waals surface area (Å²) in [4.78, 5) is 17.1. The van der Waals surface area contributed by atoms with Crippen molar-refractivity contribution in [2.45, 2.75) is 26.8 Å². The highest BCUT2D eigenvalue weighted by atomic mass is 16.4. The van der Waals surface area contributed by atoms with E-state index in [0.29, 0.717) is 6.54 Å². The minimum atomic E-state index is -0.739. The second-order valence-corrected chi connectivity index (χ2v) is 4.34. The van der Waals surface area contributed by atoms with Gasteiger partial charge < -0.3 is 5.11 Å². The molecule has 0 radical (unpaired) electrons. The molecule has 94 valence electrons. The van der Waals surface area contributed by atoms with Crippen molar-refractivity contribution >= 4 is 5.97 Å². The van der Waals surface area contributed by atoms with Gasteiger partial charge in [-0.1, -0.05) is 19.9 Å². The second-order valence-electron chi connectivity index (χ2n) is 4.34. The van der Waals surface area contributed by atoms with Crippen molar-refractivity contribution in [2.24, 2.45) is 5.92 Å². The highest BCUT2D eigenvalue weighted by molar-refractivity contribution is 5.69. The number of pyridine rings is 1. The first-order chi connectivity index (χ1) is 8.13. The number of aliphatic carboxylic acids is 1. The van der Waals surface area contributed by atoms with E-state index < -0.39 is 5.97 Å². The lowest BCUT2D eigenvalue weighted by Crippen LogP contribution is -2.32. The highest BCUT2D eigenvalue weighted by Gasteiger charge is 2.15. The summed E-state index contributed by atoms with van der Waals surface area (Å²) in [7, 11) is 0. The molecule has 1 aromatic heterocycles. The zero-order valence-corrected chi connectivity index (χ0v) is 10.5. The summed E-state index contributed by atoms with van der Waals surface area (Å²) < 4.78 is 0. The molecule has 0 saturated carbocycles. The van der Waals surface area contributed by atoms with Crippen LogP contribution in [0.5, 0.6) is 0 Å². The molecular formula is C13H20N2O2. The molecule has 0 saturated heterocycles. The molecule has 0 amide bonds. The monoisotopic (exact) mass is 236 g/mol. The van der Waals surface area contributed by atoms with Crippen LogP contribution in [0, 0.1) is 5.92 Å². The molecule has 0 aliphatic carbocycles. The summed E-state index contributed by atoms with van der Waals surface area (Å²) in [6, 6.07) is 3.92. The summed E-state index contributed by atoms with van der Waals surface area (Å²) >= 11 is 0. The Morgan fingerprint density at radius 2 is 2.35 bits per heavy atom. The quantitative estimate of drug-likeness (QED) is 0.787. The first kappa shape index (κ1) is 13.6. The minimum Gasteiger partial charge on any atom is -0.481 e. The van der Waals surface area contributed by atoms with Crippen LogP contribution in [0.3, 0.4) is 0 Å². The molecule has 1 N–H and O–H groups in total. The lowest BCUT2D eigenvalue weighted by molar-refractivity contribution is -0.141. The van der Waals surface area contributed by atoms with Gasteiger partial charge in [0, 0.05) is 25.5 Å². The van der Waals surface area contributed by atoms with E-state index in [4.69, 9.17) is 5.11 Å². The molecule has 0 spiro atoms. The molecule has 17 heavy (non-hydrogen) atoms. The predicted octanol–water partition coefficient (Wildman–Crippen LogP) is 2.01. The lowest BCUT2D eigenvalue weighted by atomic mass is 10.1. The molecule has 1 rings (SSSR count). The molecule has 1 heterocycles. The number of hydrogen-bond acceptors (Lipinski definition) is 3. The van der Waals surface area contributed by atoms with E-state index in [-0.39, 0.29) is 5.92 Å². The zero-order valence-electron chi connectivity index (χ0n) is 10.5. The number of hydrogen-bond donors (Lipinski definition) is 1. The maximum absolute atomic E-state index is 10.9. The Hall–Kier alpha value is -1.42. The summed E-state index contributed by atoms with van der Waals surface area (Å²) in [5.74, 6) is -1.07. The van der Waals surface area contributed by atoms with Crippen molar-refractivity contribution in [2.75, 3.05) is 13.1 Å². The fourth-order valence-electron chi connectivity index (χ4n) is 1.77. The van der Waals surface area contributed by atoms with E-state index in [9.17, 15) is 4.79 Å². The van der Waals surface area contributed by atoms with Gasteiger partial charge in [0.2, 0.25) is 0 Å². The van der Waals surface area contributed by atoms with Gasteiger partial charge in [0.05, 0.1) is 5.92 Å². The number of rotatable bonds is 7. The van der Waals surface area contributed by atoms with Gasteiger partial charge in [-0.15, -0.1) is 0 Å². The molecule has 1 atom stereocenters. The van der Waals surface area contributed by atoms with Crippen molar-refractivity contribution in [1.82, 2.24) is 9.88 Å². The Morgan fingerprint density at radius 1 is 1.59 bits per heavy atom. The van der Waals surface area contributed by atoms with Crippen molar-refractivity contribution in [1.29, 1.82) is 0 Å². The van der Waals surface area contributed by atoms with Gasteiger partial charge in [-0.25, -0.2) is 0 Å². The molecule has 0 aromatic carbocycles. The number of aromatic nitrogens is 1. The minimum absolute atomic E-state index is 0.335. The van der Waals surface area contributed by atoms with Gasteiger partial charge >= 0.3 is 5.97 Å². The zero-order chi connectivity index (χ0) is 12.7. The molecule has 0 bridgehead atoms. The largest absolute Gasteiger partial charge is 0.481 e. The molecule has 0 aliphatic heterocycles. The van der Waals surface area contributed by atoms with Crippen molar-refractivity contribution in [3.05, 3.63) is 30.1 Å². The van der Waals surface area contributed by atoms with E-state index >= 15 is 0 Å². The maximum Gasteiger partial charge on any atom is 0.307 e. The second kappa shape index (κ2) is 7.01. The van der Waals surface area contributed by atoms with E-state index in [0.717, 1.165) is 25.1 Å². The third-order valence-electron chi connectivity index (χ3n) is 2.62. The Labute approximate surface area is 102 Å². The normalized spacial score (nSPS) is 12.6. The fraction of sp³-hybridized carbons (Fsp3) is 0.538. The van der Waals surface area contributed by atoms with Crippen LogP contribution in [0.25, 0.3) is 0 Å². The average Bonchev–Trinajstić information content (AvgIpc) is 2.30. The number of carboxylic acids is 1. The lowest BCUT2D eigenvalue weighted by Gasteiger charge is -2.23. The molecule has 0 aliphatic rings. The molecular weight excluding hydrogens is 216 g/mol. The van der Waals surface area contributed by atoms with Crippen LogP contribution in [0.2, 0.25) is 0 Å². The van der Waals surface area contributed by atoms with Crippen LogP contribution in [-0.2, 0) is 11.3 Å². The van der Waals surface area contributed by atoms with Gasteiger partial charge in [-0.3, -0.25) is 14.7 Å². The Morgan fingerprint density at radius 3 is 2.88 bits per heavy atom. The van der Waals surface area contributed by atoms with E-state index in [1.54, 1.807) is 13.1 Å². The highest BCUT2D eigenvalue weighted by Crippen LogP contribution is 2.07. The maximum atomic E-state index is 10.9. The standard InChI is InChI=1S/C13H20N2O2/c1-3-7-15(9-11(2)13(16)17)10-12-5-4-6-14-8-12/h4-6,8,11H,3,7,9-10H2,1-2H3,(H,16,17). The summed E-state index contributed by atoms with van der Waals surface area (Å²) in [6.45, 7) is 6.10. The van der Waals surface area contributed by atoms with Crippen molar-refractivity contribution in [3.8, 4) is 0 Å². The van der Waals surface area contributed by atoms with Gasteiger partial charge in [0.25, 0.3) is 0 Å². The number of carboxylic acid groups (broad SMARTS) is 1. The van der Waals surface area contributed by atoms with Gasteiger partial charge in [0.15, 0.2) is 0 Å². The molecule has 4 heteroatoms. The molecule has 4 nitrogen and oxygen atoms in total. The van der Waals surface area contributed by atoms with Crippen LogP contribution in [0.1, 0.15) is 25.8 Å². The van der Waals surface area contributed by atoms with Gasteiger partial charge in [0.1, 0.15) is 0 Å². The van der Waals surface area contributed by atoms with Crippen LogP contribution in [-0.4, -0.2) is 34.0 Å².